The van der Waals surface area contributed by atoms with Gasteiger partial charge in [-0.05, 0) is 71.7 Å². The van der Waals surface area contributed by atoms with Crippen molar-refractivity contribution < 1.29 is 9.53 Å². The summed E-state index contributed by atoms with van der Waals surface area (Å²) in [6.45, 7) is 2.45. The first-order valence-corrected chi connectivity index (χ1v) is 12.6. The molecule has 0 aliphatic rings. The highest BCUT2D eigenvalue weighted by Crippen LogP contribution is 2.36. The predicted molar refractivity (Wildman–Crippen MR) is 157 cm³/mol. The minimum Gasteiger partial charge on any atom is -0.496 e. The van der Waals surface area contributed by atoms with Crippen molar-refractivity contribution in [3.8, 4) is 11.1 Å². The third-order valence-corrected chi connectivity index (χ3v) is 6.45. The van der Waals surface area contributed by atoms with Gasteiger partial charge in [-0.1, -0.05) is 96.6 Å². The summed E-state index contributed by atoms with van der Waals surface area (Å²) in [6.07, 6.45) is 4.46. The minimum atomic E-state index is 0.351. The van der Waals surface area contributed by atoms with Crippen molar-refractivity contribution in [3.05, 3.63) is 156 Å². The number of aldehydes is 1. The molecule has 0 spiro atoms. The van der Waals surface area contributed by atoms with Crippen molar-refractivity contribution in [2.24, 2.45) is 0 Å². The summed E-state index contributed by atoms with van der Waals surface area (Å²) in [4.78, 5) is 13.5. The zero-order valence-electron chi connectivity index (χ0n) is 21.3. The topological polar surface area (TPSA) is 29.5 Å². The van der Waals surface area contributed by atoms with Gasteiger partial charge in [0.2, 0.25) is 0 Å². The van der Waals surface area contributed by atoms with Gasteiger partial charge >= 0.3 is 0 Å². The number of benzene rings is 5. The summed E-state index contributed by atoms with van der Waals surface area (Å²) in [6, 6.07) is 43.5. The Morgan fingerprint density at radius 2 is 1.18 bits per heavy atom. The van der Waals surface area contributed by atoms with Crippen LogP contribution in [0.15, 0.2) is 134 Å². The minimum absolute atomic E-state index is 0.351. The van der Waals surface area contributed by atoms with Crippen LogP contribution in [0.25, 0.3) is 17.2 Å². The molecule has 0 radical (unpaired) electrons. The number of rotatable bonds is 9. The van der Waals surface area contributed by atoms with E-state index in [0.29, 0.717) is 12.2 Å². The third-order valence-electron chi connectivity index (χ3n) is 6.45. The molecule has 5 rings (SSSR count). The second-order valence-corrected chi connectivity index (χ2v) is 9.11. The molecule has 0 aromatic heterocycles. The van der Waals surface area contributed by atoms with Gasteiger partial charge in [0.25, 0.3) is 0 Å². The number of ether oxygens (including phenoxy) is 1. The Morgan fingerprint density at radius 3 is 1.84 bits per heavy atom. The van der Waals surface area contributed by atoms with E-state index in [1.165, 1.54) is 16.7 Å². The molecule has 0 fully saturated rings. The normalized spacial score (nSPS) is 10.9. The third kappa shape index (κ3) is 5.91. The quantitative estimate of drug-likeness (QED) is 0.151. The Bertz CT molecular complexity index is 1500. The van der Waals surface area contributed by atoms with Gasteiger partial charge in [-0.25, -0.2) is 0 Å². The first kappa shape index (κ1) is 24.8. The van der Waals surface area contributed by atoms with Crippen LogP contribution in [-0.4, -0.2) is 6.29 Å². The summed E-state index contributed by atoms with van der Waals surface area (Å²) < 4.78 is 5.69. The van der Waals surface area contributed by atoms with Crippen LogP contribution in [0.1, 0.15) is 27.0 Å². The first-order valence-electron chi connectivity index (χ1n) is 12.6. The molecule has 0 aliphatic carbocycles. The number of nitrogens with zero attached hydrogens (tertiary/aromatic N) is 1. The number of carbonyl (C=O) groups is 1. The molecule has 0 atom stereocenters. The van der Waals surface area contributed by atoms with Crippen LogP contribution in [-0.2, 0) is 11.3 Å². The monoisotopic (exact) mass is 495 g/mol. The van der Waals surface area contributed by atoms with Gasteiger partial charge in [0.1, 0.15) is 12.9 Å². The largest absolute Gasteiger partial charge is 0.496 e. The van der Waals surface area contributed by atoms with Gasteiger partial charge in [0, 0.05) is 22.6 Å². The van der Waals surface area contributed by atoms with Crippen molar-refractivity contribution in [2.45, 2.75) is 13.5 Å². The molecule has 0 saturated carbocycles. The van der Waals surface area contributed by atoms with Gasteiger partial charge in [0.05, 0.1) is 6.26 Å². The molecular weight excluding hydrogens is 466 g/mol. The maximum absolute atomic E-state index is 11.2. The fourth-order valence-corrected chi connectivity index (χ4v) is 4.35. The lowest BCUT2D eigenvalue weighted by Gasteiger charge is -2.26. The van der Waals surface area contributed by atoms with Crippen molar-refractivity contribution >= 4 is 29.4 Å². The zero-order chi connectivity index (χ0) is 26.2. The van der Waals surface area contributed by atoms with E-state index in [2.05, 4.69) is 109 Å². The van der Waals surface area contributed by atoms with Crippen molar-refractivity contribution in [3.63, 3.8) is 0 Å². The van der Waals surface area contributed by atoms with Crippen LogP contribution >= 0.6 is 0 Å². The van der Waals surface area contributed by atoms with Gasteiger partial charge in [-0.3, -0.25) is 4.79 Å². The molecule has 3 heteroatoms. The molecule has 3 nitrogen and oxygen atoms in total. The van der Waals surface area contributed by atoms with E-state index in [9.17, 15) is 4.79 Å². The standard InChI is InChI=1S/C35H29NO2/c1-27-11-17-33(18-12-27)36(35-21-15-30(16-22-35)29-7-3-2-4-8-29)34-19-13-28(14-20-34)23-24-38-26-32-10-6-5-9-31(32)25-37/h2-25H,26H2,1H3/b24-23-. The molecule has 0 heterocycles. The zero-order valence-corrected chi connectivity index (χ0v) is 21.3. The predicted octanol–water partition coefficient (Wildman–Crippen LogP) is 9.13. The van der Waals surface area contributed by atoms with Crippen LogP contribution in [0, 0.1) is 6.92 Å². The molecule has 5 aromatic carbocycles. The Balaban J connectivity index is 1.36. The van der Waals surface area contributed by atoms with Crippen LogP contribution < -0.4 is 4.90 Å². The number of aryl methyl sites for hydroxylation is 1. The molecule has 0 saturated heterocycles. The van der Waals surface area contributed by atoms with Crippen LogP contribution in [0.2, 0.25) is 0 Å². The number of carbonyl (C=O) groups excluding carboxylic acids is 1. The maximum atomic E-state index is 11.2. The SMILES string of the molecule is Cc1ccc(N(c2ccc(/C=C\OCc3ccccc3C=O)cc2)c2ccc(-c3ccccc3)cc2)cc1. The Labute approximate surface area is 224 Å². The molecular formula is C35H29NO2. The molecule has 0 bridgehead atoms. The Kier molecular flexibility index (Phi) is 7.76. The molecule has 5 aromatic rings. The Hall–Kier alpha value is -4.89. The fraction of sp³-hybridized carbons (Fsp3) is 0.0571. The molecule has 186 valence electrons. The Morgan fingerprint density at radius 1 is 0.632 bits per heavy atom. The van der Waals surface area contributed by atoms with Crippen LogP contribution in [0.4, 0.5) is 17.1 Å². The number of hydrogen-bond donors (Lipinski definition) is 0. The fourth-order valence-electron chi connectivity index (χ4n) is 4.35. The van der Waals surface area contributed by atoms with Crippen molar-refractivity contribution in [1.82, 2.24) is 0 Å². The highest BCUT2D eigenvalue weighted by atomic mass is 16.5. The van der Waals surface area contributed by atoms with Crippen molar-refractivity contribution in [1.29, 1.82) is 0 Å². The number of anilines is 3. The highest BCUT2D eigenvalue weighted by Gasteiger charge is 2.12. The molecule has 0 amide bonds. The average molecular weight is 496 g/mol. The van der Waals surface area contributed by atoms with Crippen LogP contribution in [0.3, 0.4) is 0 Å². The van der Waals surface area contributed by atoms with Gasteiger partial charge in [-0.15, -0.1) is 0 Å². The summed E-state index contributed by atoms with van der Waals surface area (Å²) in [5, 5.41) is 0. The maximum Gasteiger partial charge on any atom is 0.150 e. The lowest BCUT2D eigenvalue weighted by Crippen LogP contribution is -2.09. The van der Waals surface area contributed by atoms with E-state index in [1.54, 1.807) is 12.3 Å². The molecule has 0 unspecified atom stereocenters. The van der Waals surface area contributed by atoms with E-state index in [4.69, 9.17) is 4.74 Å². The average Bonchev–Trinajstić information content (AvgIpc) is 2.98. The van der Waals surface area contributed by atoms with Gasteiger partial charge in [0.15, 0.2) is 0 Å². The summed E-state index contributed by atoms with van der Waals surface area (Å²) >= 11 is 0. The lowest BCUT2D eigenvalue weighted by atomic mass is 10.0. The summed E-state index contributed by atoms with van der Waals surface area (Å²) in [5.41, 5.74) is 9.43. The summed E-state index contributed by atoms with van der Waals surface area (Å²) in [7, 11) is 0. The van der Waals surface area contributed by atoms with Crippen molar-refractivity contribution in [2.75, 3.05) is 4.90 Å². The number of hydrogen-bond acceptors (Lipinski definition) is 3. The smallest absolute Gasteiger partial charge is 0.150 e. The molecule has 0 N–H and O–H groups in total. The van der Waals surface area contributed by atoms with E-state index in [1.807, 2.05) is 30.3 Å². The van der Waals surface area contributed by atoms with E-state index >= 15 is 0 Å². The van der Waals surface area contributed by atoms with Crippen LogP contribution in [0.5, 0.6) is 0 Å². The van der Waals surface area contributed by atoms with E-state index in [0.717, 1.165) is 34.5 Å². The first-order chi connectivity index (χ1) is 18.7. The van der Waals surface area contributed by atoms with Gasteiger partial charge in [-0.2, -0.15) is 0 Å². The highest BCUT2D eigenvalue weighted by molar-refractivity contribution is 5.79. The second-order valence-electron chi connectivity index (χ2n) is 9.11. The lowest BCUT2D eigenvalue weighted by molar-refractivity contribution is 0.112. The van der Waals surface area contributed by atoms with E-state index < -0.39 is 0 Å². The second kappa shape index (κ2) is 11.9. The molecule has 38 heavy (non-hydrogen) atoms. The summed E-state index contributed by atoms with van der Waals surface area (Å²) in [5.74, 6) is 0. The van der Waals surface area contributed by atoms with Gasteiger partial charge < -0.3 is 9.64 Å². The molecule has 0 aliphatic heterocycles. The van der Waals surface area contributed by atoms with E-state index in [-0.39, 0.29) is 0 Å².